The molecule has 130 valence electrons. The number of carbonyl (C=O) groups excluding carboxylic acids is 1. The molecule has 3 aromatic rings. The van der Waals surface area contributed by atoms with Crippen LogP contribution in [0.15, 0.2) is 91.0 Å². The van der Waals surface area contributed by atoms with Crippen LogP contribution in [0, 0.1) is 0 Å². The van der Waals surface area contributed by atoms with Gasteiger partial charge >= 0.3 is 0 Å². The van der Waals surface area contributed by atoms with Gasteiger partial charge < -0.3 is 4.74 Å². The van der Waals surface area contributed by atoms with E-state index < -0.39 is 0 Å². The van der Waals surface area contributed by atoms with Crippen molar-refractivity contribution in [1.29, 1.82) is 0 Å². The third kappa shape index (κ3) is 4.70. The average molecular weight is 342 g/mol. The zero-order valence-electron chi connectivity index (χ0n) is 14.8. The zero-order valence-corrected chi connectivity index (χ0v) is 14.8. The van der Waals surface area contributed by atoms with Crippen LogP contribution in [0.25, 0.3) is 6.08 Å². The molecule has 0 heterocycles. The van der Waals surface area contributed by atoms with Crippen molar-refractivity contribution >= 4 is 11.9 Å². The standard InChI is InChI=1S/C24H22O2/c1-26-23-16-13-21(14-17-23)24(20-10-6-3-7-11-20)18-22(25)15-12-19-8-4-2-5-9-19/h2-17,24H,18H2,1H3/b15-12+. The van der Waals surface area contributed by atoms with E-state index in [9.17, 15) is 4.79 Å². The Morgan fingerprint density at radius 3 is 2.04 bits per heavy atom. The Morgan fingerprint density at radius 1 is 0.846 bits per heavy atom. The van der Waals surface area contributed by atoms with Gasteiger partial charge in [0.15, 0.2) is 5.78 Å². The molecule has 0 aliphatic rings. The molecule has 26 heavy (non-hydrogen) atoms. The number of hydrogen-bond acceptors (Lipinski definition) is 2. The minimum Gasteiger partial charge on any atom is -0.497 e. The molecule has 0 saturated heterocycles. The van der Waals surface area contributed by atoms with Crippen LogP contribution in [0.5, 0.6) is 5.75 Å². The maximum atomic E-state index is 12.6. The fourth-order valence-electron chi connectivity index (χ4n) is 2.97. The van der Waals surface area contributed by atoms with E-state index in [4.69, 9.17) is 4.74 Å². The van der Waals surface area contributed by atoms with Gasteiger partial charge in [0.1, 0.15) is 5.75 Å². The van der Waals surface area contributed by atoms with Crippen molar-refractivity contribution in [3.8, 4) is 5.75 Å². The molecule has 0 radical (unpaired) electrons. The molecule has 0 fully saturated rings. The summed E-state index contributed by atoms with van der Waals surface area (Å²) in [6.45, 7) is 0. The second kappa shape index (κ2) is 8.82. The second-order valence-electron chi connectivity index (χ2n) is 6.15. The molecule has 0 aliphatic heterocycles. The first-order valence-corrected chi connectivity index (χ1v) is 8.71. The third-order valence-corrected chi connectivity index (χ3v) is 4.39. The van der Waals surface area contributed by atoms with Gasteiger partial charge in [-0.25, -0.2) is 0 Å². The van der Waals surface area contributed by atoms with Crippen LogP contribution in [0.1, 0.15) is 29.0 Å². The quantitative estimate of drug-likeness (QED) is 0.530. The Bertz CT molecular complexity index is 850. The molecular formula is C24H22O2. The van der Waals surface area contributed by atoms with Crippen molar-refractivity contribution in [1.82, 2.24) is 0 Å². The first-order valence-electron chi connectivity index (χ1n) is 8.71. The fraction of sp³-hybridized carbons (Fsp3) is 0.125. The maximum absolute atomic E-state index is 12.6. The molecule has 1 unspecified atom stereocenters. The Kier molecular flexibility index (Phi) is 6.00. The minimum absolute atomic E-state index is 0.0232. The molecule has 0 saturated carbocycles. The lowest BCUT2D eigenvalue weighted by atomic mass is 9.87. The molecule has 1 atom stereocenters. The number of hydrogen-bond donors (Lipinski definition) is 0. The van der Waals surface area contributed by atoms with Gasteiger partial charge in [0, 0.05) is 12.3 Å². The summed E-state index contributed by atoms with van der Waals surface area (Å²) in [6, 6.07) is 28.0. The molecule has 0 spiro atoms. The van der Waals surface area contributed by atoms with Crippen LogP contribution in [-0.2, 0) is 4.79 Å². The molecule has 0 aliphatic carbocycles. The van der Waals surface area contributed by atoms with Gasteiger partial charge in [-0.05, 0) is 34.9 Å². The molecule has 3 rings (SSSR count). The summed E-state index contributed by atoms with van der Waals surface area (Å²) in [5.41, 5.74) is 3.28. The van der Waals surface area contributed by atoms with Crippen molar-refractivity contribution in [3.05, 3.63) is 108 Å². The maximum Gasteiger partial charge on any atom is 0.156 e. The first-order chi connectivity index (χ1) is 12.8. The van der Waals surface area contributed by atoms with E-state index in [1.165, 1.54) is 0 Å². The highest BCUT2D eigenvalue weighted by Gasteiger charge is 2.17. The molecule has 0 aromatic heterocycles. The Hall–Kier alpha value is -3.13. The van der Waals surface area contributed by atoms with E-state index in [0.717, 1.165) is 22.4 Å². The number of carbonyl (C=O) groups is 1. The van der Waals surface area contributed by atoms with Crippen LogP contribution < -0.4 is 4.74 Å². The number of methoxy groups -OCH3 is 1. The molecular weight excluding hydrogens is 320 g/mol. The fourth-order valence-corrected chi connectivity index (χ4v) is 2.97. The lowest BCUT2D eigenvalue weighted by molar-refractivity contribution is -0.114. The van der Waals surface area contributed by atoms with Crippen molar-refractivity contribution < 1.29 is 9.53 Å². The predicted molar refractivity (Wildman–Crippen MR) is 106 cm³/mol. The van der Waals surface area contributed by atoms with Crippen molar-refractivity contribution in [2.75, 3.05) is 7.11 Å². The highest BCUT2D eigenvalue weighted by atomic mass is 16.5. The lowest BCUT2D eigenvalue weighted by Gasteiger charge is -2.17. The second-order valence-corrected chi connectivity index (χ2v) is 6.15. The van der Waals surface area contributed by atoms with E-state index >= 15 is 0 Å². The zero-order chi connectivity index (χ0) is 18.2. The average Bonchev–Trinajstić information content (AvgIpc) is 2.72. The van der Waals surface area contributed by atoms with Crippen molar-refractivity contribution in [2.45, 2.75) is 12.3 Å². The Labute approximate surface area is 154 Å². The SMILES string of the molecule is COc1ccc(C(CC(=O)/C=C/c2ccccc2)c2ccccc2)cc1. The van der Waals surface area contributed by atoms with Crippen LogP contribution in [0.4, 0.5) is 0 Å². The summed E-state index contributed by atoms with van der Waals surface area (Å²) in [7, 11) is 1.65. The summed E-state index contributed by atoms with van der Waals surface area (Å²) in [4.78, 5) is 12.6. The summed E-state index contributed by atoms with van der Waals surface area (Å²) in [5.74, 6) is 0.949. The van der Waals surface area contributed by atoms with E-state index in [0.29, 0.717) is 6.42 Å². The summed E-state index contributed by atoms with van der Waals surface area (Å²) in [6.07, 6.45) is 3.98. The smallest absolute Gasteiger partial charge is 0.156 e. The van der Waals surface area contributed by atoms with Gasteiger partial charge in [0.25, 0.3) is 0 Å². The third-order valence-electron chi connectivity index (χ3n) is 4.39. The van der Waals surface area contributed by atoms with Gasteiger partial charge in [-0.1, -0.05) is 78.9 Å². The summed E-state index contributed by atoms with van der Waals surface area (Å²) in [5, 5.41) is 0. The monoisotopic (exact) mass is 342 g/mol. The van der Waals surface area contributed by atoms with Crippen molar-refractivity contribution in [3.63, 3.8) is 0 Å². The van der Waals surface area contributed by atoms with Gasteiger partial charge in [-0.3, -0.25) is 4.79 Å². The topological polar surface area (TPSA) is 26.3 Å². The van der Waals surface area contributed by atoms with E-state index in [1.54, 1.807) is 13.2 Å². The minimum atomic E-state index is 0.0232. The number of benzene rings is 3. The lowest BCUT2D eigenvalue weighted by Crippen LogP contribution is -2.07. The predicted octanol–water partition coefficient (Wildman–Crippen LogP) is 5.50. The normalized spacial score (nSPS) is 12.0. The highest BCUT2D eigenvalue weighted by molar-refractivity contribution is 5.94. The number of rotatable bonds is 7. The highest BCUT2D eigenvalue weighted by Crippen LogP contribution is 2.29. The molecule has 2 heteroatoms. The first kappa shape index (κ1) is 17.7. The van der Waals surface area contributed by atoms with Crippen LogP contribution in [0.2, 0.25) is 0 Å². The number of allylic oxidation sites excluding steroid dienone is 1. The molecule has 3 aromatic carbocycles. The van der Waals surface area contributed by atoms with Gasteiger partial charge in [-0.15, -0.1) is 0 Å². The number of ketones is 1. The molecule has 0 N–H and O–H groups in total. The van der Waals surface area contributed by atoms with Gasteiger partial charge in [0.2, 0.25) is 0 Å². The largest absolute Gasteiger partial charge is 0.497 e. The van der Waals surface area contributed by atoms with Crippen LogP contribution in [-0.4, -0.2) is 12.9 Å². The van der Waals surface area contributed by atoms with Gasteiger partial charge in [0.05, 0.1) is 7.11 Å². The molecule has 0 amide bonds. The van der Waals surface area contributed by atoms with Crippen LogP contribution >= 0.6 is 0 Å². The Morgan fingerprint density at radius 2 is 1.42 bits per heavy atom. The van der Waals surface area contributed by atoms with E-state index in [2.05, 4.69) is 12.1 Å². The van der Waals surface area contributed by atoms with Crippen molar-refractivity contribution in [2.24, 2.45) is 0 Å². The van der Waals surface area contributed by atoms with Crippen LogP contribution in [0.3, 0.4) is 0 Å². The molecule has 0 bridgehead atoms. The Balaban J connectivity index is 1.81. The van der Waals surface area contributed by atoms with E-state index in [-0.39, 0.29) is 11.7 Å². The number of ether oxygens (including phenoxy) is 1. The van der Waals surface area contributed by atoms with E-state index in [1.807, 2.05) is 78.9 Å². The molecule has 2 nitrogen and oxygen atoms in total. The van der Waals surface area contributed by atoms with Gasteiger partial charge in [-0.2, -0.15) is 0 Å². The summed E-state index contributed by atoms with van der Waals surface area (Å²) < 4.78 is 5.25. The summed E-state index contributed by atoms with van der Waals surface area (Å²) >= 11 is 0.